The number of esters is 1. The summed E-state index contributed by atoms with van der Waals surface area (Å²) >= 11 is 1.34. The molecule has 1 aromatic carbocycles. The van der Waals surface area contributed by atoms with Crippen molar-refractivity contribution in [1.82, 2.24) is 10.3 Å². The zero-order valence-corrected chi connectivity index (χ0v) is 14.6. The summed E-state index contributed by atoms with van der Waals surface area (Å²) in [4.78, 5) is 27.7. The van der Waals surface area contributed by atoms with Gasteiger partial charge in [-0.1, -0.05) is 12.1 Å². The van der Waals surface area contributed by atoms with Crippen LogP contribution in [0.2, 0.25) is 0 Å². The third-order valence-electron chi connectivity index (χ3n) is 2.81. The summed E-state index contributed by atoms with van der Waals surface area (Å²) in [6.07, 6.45) is 0.0502. The van der Waals surface area contributed by atoms with Crippen molar-refractivity contribution in [1.29, 1.82) is 0 Å². The highest BCUT2D eigenvalue weighted by Crippen LogP contribution is 2.24. The maximum absolute atomic E-state index is 13.2. The number of ether oxygens (including phenoxy) is 1. The van der Waals surface area contributed by atoms with Crippen LogP contribution in [0, 0.1) is 5.82 Å². The number of benzene rings is 1. The molecule has 7 heteroatoms. The molecule has 0 saturated heterocycles. The van der Waals surface area contributed by atoms with Crippen LogP contribution < -0.4 is 5.32 Å². The minimum Gasteiger partial charge on any atom is -0.459 e. The van der Waals surface area contributed by atoms with Gasteiger partial charge in [-0.05, 0) is 32.9 Å². The Balaban J connectivity index is 1.88. The van der Waals surface area contributed by atoms with E-state index in [-0.39, 0.29) is 24.7 Å². The molecule has 0 spiro atoms. The highest BCUT2D eigenvalue weighted by atomic mass is 32.1. The van der Waals surface area contributed by atoms with Gasteiger partial charge < -0.3 is 10.1 Å². The number of rotatable bonds is 5. The molecule has 24 heavy (non-hydrogen) atoms. The first-order chi connectivity index (χ1) is 11.2. The number of aromatic nitrogens is 1. The molecule has 0 unspecified atom stereocenters. The number of carbonyl (C=O) groups is 2. The van der Waals surface area contributed by atoms with Crippen LogP contribution in [0.3, 0.4) is 0 Å². The highest BCUT2D eigenvalue weighted by Gasteiger charge is 2.17. The number of thiazole rings is 1. The van der Waals surface area contributed by atoms with Crippen molar-refractivity contribution in [3.05, 3.63) is 41.2 Å². The molecule has 0 bridgehead atoms. The molecule has 128 valence electrons. The minimum absolute atomic E-state index is 0.0502. The Morgan fingerprint density at radius 2 is 2.08 bits per heavy atom. The Hall–Kier alpha value is -2.28. The molecule has 1 heterocycles. The monoisotopic (exact) mass is 350 g/mol. The van der Waals surface area contributed by atoms with Crippen LogP contribution in [-0.2, 0) is 20.7 Å². The van der Waals surface area contributed by atoms with E-state index in [1.807, 2.05) is 0 Å². The van der Waals surface area contributed by atoms with Crippen LogP contribution in [-0.4, -0.2) is 29.0 Å². The molecule has 0 aliphatic rings. The quantitative estimate of drug-likeness (QED) is 0.842. The average molecular weight is 350 g/mol. The first kappa shape index (κ1) is 18.1. The fourth-order valence-electron chi connectivity index (χ4n) is 1.92. The Kier molecular flexibility index (Phi) is 5.66. The van der Waals surface area contributed by atoms with Gasteiger partial charge in [0.05, 0.1) is 12.1 Å². The summed E-state index contributed by atoms with van der Waals surface area (Å²) in [6.45, 7) is 5.10. The number of halogens is 1. The minimum atomic E-state index is -0.587. The maximum atomic E-state index is 13.2. The standard InChI is InChI=1S/C17H19FN2O3S/c1-17(2,3)23-15(22)9-19-14(21)8-13-10-24-16(20-13)11-5-4-6-12(18)7-11/h4-7,10H,8-9H2,1-3H3,(H,19,21). The molecule has 0 saturated carbocycles. The van der Waals surface area contributed by atoms with Gasteiger partial charge in [0.1, 0.15) is 23.0 Å². The van der Waals surface area contributed by atoms with E-state index in [9.17, 15) is 14.0 Å². The van der Waals surface area contributed by atoms with E-state index in [4.69, 9.17) is 4.74 Å². The Labute approximate surface area is 143 Å². The van der Waals surface area contributed by atoms with Crippen LogP contribution in [0.15, 0.2) is 29.6 Å². The molecule has 0 aliphatic heterocycles. The maximum Gasteiger partial charge on any atom is 0.325 e. The Morgan fingerprint density at radius 1 is 1.33 bits per heavy atom. The molecule has 5 nitrogen and oxygen atoms in total. The molecule has 1 N–H and O–H groups in total. The van der Waals surface area contributed by atoms with Crippen molar-refractivity contribution in [2.24, 2.45) is 0 Å². The lowest BCUT2D eigenvalue weighted by Crippen LogP contribution is -2.35. The van der Waals surface area contributed by atoms with Crippen molar-refractivity contribution < 1.29 is 18.7 Å². The Bertz CT molecular complexity index is 737. The van der Waals surface area contributed by atoms with Crippen molar-refractivity contribution in [2.75, 3.05) is 6.54 Å². The van der Waals surface area contributed by atoms with Gasteiger partial charge in [0.2, 0.25) is 5.91 Å². The molecule has 0 fully saturated rings. The molecule has 0 aliphatic carbocycles. The van der Waals surface area contributed by atoms with E-state index in [2.05, 4.69) is 10.3 Å². The number of nitrogens with zero attached hydrogens (tertiary/aromatic N) is 1. The summed E-state index contributed by atoms with van der Waals surface area (Å²) in [7, 11) is 0. The van der Waals surface area contributed by atoms with Crippen LogP contribution in [0.4, 0.5) is 4.39 Å². The van der Waals surface area contributed by atoms with Crippen LogP contribution >= 0.6 is 11.3 Å². The number of amides is 1. The van der Waals surface area contributed by atoms with Crippen molar-refractivity contribution >= 4 is 23.2 Å². The van der Waals surface area contributed by atoms with Crippen LogP contribution in [0.5, 0.6) is 0 Å². The molecular weight excluding hydrogens is 331 g/mol. The predicted octanol–water partition coefficient (Wildman–Crippen LogP) is 2.95. The van der Waals surface area contributed by atoms with E-state index in [1.165, 1.54) is 23.5 Å². The first-order valence-corrected chi connectivity index (χ1v) is 8.30. The van der Waals surface area contributed by atoms with Gasteiger partial charge in [0.15, 0.2) is 0 Å². The molecule has 0 radical (unpaired) electrons. The van der Waals surface area contributed by atoms with Crippen LogP contribution in [0.1, 0.15) is 26.5 Å². The predicted molar refractivity (Wildman–Crippen MR) is 90.1 cm³/mol. The largest absolute Gasteiger partial charge is 0.459 e. The molecule has 2 aromatic rings. The second kappa shape index (κ2) is 7.53. The number of hydrogen-bond donors (Lipinski definition) is 1. The summed E-state index contributed by atoms with van der Waals surface area (Å²) in [5.41, 5.74) is 0.651. The van der Waals surface area contributed by atoms with Gasteiger partial charge in [-0.3, -0.25) is 9.59 Å². The van der Waals surface area contributed by atoms with Gasteiger partial charge in [-0.25, -0.2) is 9.37 Å². The fourth-order valence-corrected chi connectivity index (χ4v) is 2.73. The third kappa shape index (κ3) is 5.73. The van der Waals surface area contributed by atoms with Gasteiger partial charge in [0, 0.05) is 10.9 Å². The highest BCUT2D eigenvalue weighted by molar-refractivity contribution is 7.13. The zero-order chi connectivity index (χ0) is 17.7. The van der Waals surface area contributed by atoms with Gasteiger partial charge >= 0.3 is 5.97 Å². The van der Waals surface area contributed by atoms with Crippen molar-refractivity contribution in [3.63, 3.8) is 0 Å². The summed E-state index contributed by atoms with van der Waals surface area (Å²) in [6, 6.07) is 6.13. The molecule has 2 rings (SSSR count). The normalized spacial score (nSPS) is 11.2. The van der Waals surface area contributed by atoms with Crippen LogP contribution in [0.25, 0.3) is 10.6 Å². The van der Waals surface area contributed by atoms with E-state index < -0.39 is 11.6 Å². The van der Waals surface area contributed by atoms with Gasteiger partial charge in [-0.2, -0.15) is 0 Å². The number of hydrogen-bond acceptors (Lipinski definition) is 5. The van der Waals surface area contributed by atoms with E-state index in [0.29, 0.717) is 16.3 Å². The fraction of sp³-hybridized carbons (Fsp3) is 0.353. The first-order valence-electron chi connectivity index (χ1n) is 7.42. The molecule has 1 aromatic heterocycles. The van der Waals surface area contributed by atoms with E-state index in [0.717, 1.165) is 0 Å². The lowest BCUT2D eigenvalue weighted by molar-refractivity contribution is -0.154. The Morgan fingerprint density at radius 3 is 2.75 bits per heavy atom. The second-order valence-electron chi connectivity index (χ2n) is 6.19. The summed E-state index contributed by atoms with van der Waals surface area (Å²) < 4.78 is 18.3. The molecule has 0 atom stereocenters. The van der Waals surface area contributed by atoms with Gasteiger partial charge in [0.25, 0.3) is 0 Å². The number of carbonyl (C=O) groups excluding carboxylic acids is 2. The summed E-state index contributed by atoms with van der Waals surface area (Å²) in [5, 5.41) is 4.89. The second-order valence-corrected chi connectivity index (χ2v) is 7.05. The van der Waals surface area contributed by atoms with E-state index >= 15 is 0 Å². The molecular formula is C17H19FN2O3S. The lowest BCUT2D eigenvalue weighted by Gasteiger charge is -2.19. The third-order valence-corrected chi connectivity index (χ3v) is 3.76. The topological polar surface area (TPSA) is 68.3 Å². The SMILES string of the molecule is CC(C)(C)OC(=O)CNC(=O)Cc1csc(-c2cccc(F)c2)n1. The van der Waals surface area contributed by atoms with Crippen molar-refractivity contribution in [3.8, 4) is 10.6 Å². The lowest BCUT2D eigenvalue weighted by atomic mass is 10.2. The smallest absolute Gasteiger partial charge is 0.325 e. The van der Waals surface area contributed by atoms with Crippen molar-refractivity contribution in [2.45, 2.75) is 32.8 Å². The zero-order valence-electron chi connectivity index (χ0n) is 13.8. The number of nitrogens with one attached hydrogen (secondary N) is 1. The van der Waals surface area contributed by atoms with E-state index in [1.54, 1.807) is 38.3 Å². The van der Waals surface area contributed by atoms with Gasteiger partial charge in [-0.15, -0.1) is 11.3 Å². The average Bonchev–Trinajstić information content (AvgIpc) is 2.92. The summed E-state index contributed by atoms with van der Waals surface area (Å²) in [5.74, 6) is -1.15. The molecule has 1 amide bonds.